The molecule has 1 heterocycles. The van der Waals surface area contributed by atoms with Crippen LogP contribution in [0.15, 0.2) is 28.2 Å². The first kappa shape index (κ1) is 10.6. The van der Waals surface area contributed by atoms with Gasteiger partial charge in [-0.2, -0.15) is 0 Å². The fourth-order valence-corrected chi connectivity index (χ4v) is 0.926. The van der Waals surface area contributed by atoms with Crippen molar-refractivity contribution in [1.82, 2.24) is 4.98 Å². The molecule has 1 aromatic heterocycles. The average molecular weight is 189 g/mol. The Balaban J connectivity index is 2.78. The lowest BCUT2D eigenvalue weighted by Crippen LogP contribution is -1.77. The maximum atomic E-state index is 4.25. The summed E-state index contributed by atoms with van der Waals surface area (Å²) < 4.78 is 0. The Morgan fingerprint density at radius 1 is 1.07 bits per heavy atom. The molecule has 14 heavy (non-hydrogen) atoms. The van der Waals surface area contributed by atoms with Crippen molar-refractivity contribution in [3.63, 3.8) is 0 Å². The molecule has 1 aromatic rings. The highest BCUT2D eigenvalue weighted by Crippen LogP contribution is 2.13. The number of hydrogen-bond donors (Lipinski definition) is 0. The fourth-order valence-electron chi connectivity index (χ4n) is 0.926. The molecule has 0 N–H and O–H groups in total. The predicted octanol–water partition coefficient (Wildman–Crippen LogP) is 3.31. The Labute approximate surface area is 84.6 Å². The molecule has 0 aromatic carbocycles. The minimum Gasteiger partial charge on any atom is -0.242 e. The van der Waals surface area contributed by atoms with Gasteiger partial charge in [0.15, 0.2) is 11.6 Å². The summed E-state index contributed by atoms with van der Waals surface area (Å²) in [6, 6.07) is 5.66. The number of rotatable bonds is 4. The highest BCUT2D eigenvalue weighted by atomic mass is 15.0. The molecule has 0 radical (unpaired) electrons. The second-order valence-corrected chi connectivity index (χ2v) is 2.79. The average Bonchev–Trinajstić information content (AvgIpc) is 2.24. The van der Waals surface area contributed by atoms with Gasteiger partial charge in [-0.3, -0.25) is 0 Å². The molecular weight excluding hydrogens is 174 g/mol. The van der Waals surface area contributed by atoms with Crippen molar-refractivity contribution in [2.75, 3.05) is 0 Å². The maximum Gasteiger partial charge on any atom is 0.153 e. The zero-order valence-corrected chi connectivity index (χ0v) is 8.64. The van der Waals surface area contributed by atoms with Gasteiger partial charge < -0.3 is 0 Å². The van der Waals surface area contributed by atoms with Crippen LogP contribution in [0.1, 0.15) is 26.7 Å². The van der Waals surface area contributed by atoms with Gasteiger partial charge in [0.25, 0.3) is 0 Å². The standard InChI is InChI=1S/C11H15N3/c1-3-8-12-10-6-5-7-11(14-10)13-9-4-2/h5-9H,3-4H2,1-2H3. The number of pyridine rings is 1. The van der Waals surface area contributed by atoms with Crippen LogP contribution in [0.3, 0.4) is 0 Å². The lowest BCUT2D eigenvalue weighted by molar-refractivity contribution is 1.22. The molecule has 0 saturated heterocycles. The van der Waals surface area contributed by atoms with Crippen LogP contribution in [-0.2, 0) is 0 Å². The summed E-state index contributed by atoms with van der Waals surface area (Å²) in [7, 11) is 0. The molecule has 0 saturated carbocycles. The zero-order valence-electron chi connectivity index (χ0n) is 8.64. The minimum atomic E-state index is 0.720. The molecule has 0 unspecified atom stereocenters. The first-order valence-corrected chi connectivity index (χ1v) is 4.89. The summed E-state index contributed by atoms with van der Waals surface area (Å²) in [6.45, 7) is 4.09. The molecule has 0 aliphatic heterocycles. The van der Waals surface area contributed by atoms with Crippen LogP contribution < -0.4 is 0 Å². The predicted molar refractivity (Wildman–Crippen MR) is 61.1 cm³/mol. The normalized spacial score (nSPS) is 11.6. The van der Waals surface area contributed by atoms with Crippen LogP contribution in [0.4, 0.5) is 11.6 Å². The van der Waals surface area contributed by atoms with Crippen LogP contribution in [0.5, 0.6) is 0 Å². The molecule has 0 aliphatic rings. The molecule has 0 atom stereocenters. The van der Waals surface area contributed by atoms with E-state index in [2.05, 4.69) is 15.0 Å². The van der Waals surface area contributed by atoms with Crippen molar-refractivity contribution < 1.29 is 0 Å². The summed E-state index contributed by atoms with van der Waals surface area (Å²) in [6.07, 6.45) is 5.53. The van der Waals surface area contributed by atoms with Crippen LogP contribution in [0.2, 0.25) is 0 Å². The Bertz CT molecular complexity index is 300. The Hall–Kier alpha value is -1.51. The van der Waals surface area contributed by atoms with Gasteiger partial charge in [-0.05, 0) is 25.0 Å². The Morgan fingerprint density at radius 2 is 1.57 bits per heavy atom. The summed E-state index contributed by atoms with van der Waals surface area (Å²) in [5.41, 5.74) is 0. The van der Waals surface area contributed by atoms with Gasteiger partial charge in [0.1, 0.15) is 0 Å². The van der Waals surface area contributed by atoms with Crippen molar-refractivity contribution in [2.45, 2.75) is 26.7 Å². The first-order chi connectivity index (χ1) is 6.86. The van der Waals surface area contributed by atoms with Crippen molar-refractivity contribution >= 4 is 24.1 Å². The monoisotopic (exact) mass is 189 g/mol. The van der Waals surface area contributed by atoms with Gasteiger partial charge in [-0.1, -0.05) is 19.9 Å². The summed E-state index contributed by atoms with van der Waals surface area (Å²) in [5, 5.41) is 0. The third-order valence-electron chi connectivity index (χ3n) is 1.53. The van der Waals surface area contributed by atoms with Crippen LogP contribution in [0, 0.1) is 0 Å². The smallest absolute Gasteiger partial charge is 0.153 e. The zero-order chi connectivity index (χ0) is 10.2. The van der Waals surface area contributed by atoms with Crippen LogP contribution in [0.25, 0.3) is 0 Å². The van der Waals surface area contributed by atoms with E-state index in [1.165, 1.54) is 0 Å². The van der Waals surface area contributed by atoms with E-state index in [-0.39, 0.29) is 0 Å². The number of hydrogen-bond acceptors (Lipinski definition) is 3. The van der Waals surface area contributed by atoms with Gasteiger partial charge in [-0.25, -0.2) is 15.0 Å². The number of aromatic nitrogens is 1. The molecule has 3 heteroatoms. The van der Waals surface area contributed by atoms with E-state index in [4.69, 9.17) is 0 Å². The molecule has 1 rings (SSSR count). The molecule has 0 fully saturated rings. The van der Waals surface area contributed by atoms with Gasteiger partial charge in [0, 0.05) is 12.4 Å². The third-order valence-corrected chi connectivity index (χ3v) is 1.53. The molecular formula is C11H15N3. The van der Waals surface area contributed by atoms with Gasteiger partial charge in [-0.15, -0.1) is 0 Å². The number of aliphatic imine (C=N–C) groups is 2. The van der Waals surface area contributed by atoms with E-state index in [9.17, 15) is 0 Å². The van der Waals surface area contributed by atoms with Gasteiger partial charge in [0.2, 0.25) is 0 Å². The summed E-state index contributed by atoms with van der Waals surface area (Å²) in [5.74, 6) is 1.44. The highest BCUT2D eigenvalue weighted by molar-refractivity contribution is 5.63. The van der Waals surface area contributed by atoms with Crippen molar-refractivity contribution in [3.05, 3.63) is 18.2 Å². The van der Waals surface area contributed by atoms with Gasteiger partial charge in [0.05, 0.1) is 0 Å². The van der Waals surface area contributed by atoms with E-state index in [1.807, 2.05) is 44.5 Å². The van der Waals surface area contributed by atoms with Crippen LogP contribution >= 0.6 is 0 Å². The quantitative estimate of drug-likeness (QED) is 0.669. The van der Waals surface area contributed by atoms with Crippen molar-refractivity contribution in [3.8, 4) is 0 Å². The largest absolute Gasteiger partial charge is 0.242 e. The van der Waals surface area contributed by atoms with E-state index in [1.54, 1.807) is 0 Å². The lowest BCUT2D eigenvalue weighted by atomic mass is 10.4. The molecule has 74 valence electrons. The number of nitrogens with zero attached hydrogens (tertiary/aromatic N) is 3. The third kappa shape index (κ3) is 3.47. The van der Waals surface area contributed by atoms with E-state index >= 15 is 0 Å². The van der Waals surface area contributed by atoms with Crippen molar-refractivity contribution in [1.29, 1.82) is 0 Å². The second-order valence-electron chi connectivity index (χ2n) is 2.79. The van der Waals surface area contributed by atoms with E-state index < -0.39 is 0 Å². The second kappa shape index (κ2) is 6.02. The van der Waals surface area contributed by atoms with Crippen LogP contribution in [-0.4, -0.2) is 17.4 Å². The minimum absolute atomic E-state index is 0.720. The molecule has 0 bridgehead atoms. The summed E-state index contributed by atoms with van der Waals surface area (Å²) in [4.78, 5) is 12.6. The molecule has 3 nitrogen and oxygen atoms in total. The lowest BCUT2D eigenvalue weighted by Gasteiger charge is -1.94. The molecule has 0 aliphatic carbocycles. The van der Waals surface area contributed by atoms with E-state index in [0.29, 0.717) is 0 Å². The first-order valence-electron chi connectivity index (χ1n) is 4.89. The van der Waals surface area contributed by atoms with Gasteiger partial charge >= 0.3 is 0 Å². The fraction of sp³-hybridized carbons (Fsp3) is 0.364. The Kier molecular flexibility index (Phi) is 4.55. The summed E-state index contributed by atoms with van der Waals surface area (Å²) >= 11 is 0. The topological polar surface area (TPSA) is 37.6 Å². The maximum absolute atomic E-state index is 4.25. The highest BCUT2D eigenvalue weighted by Gasteiger charge is 1.91. The Morgan fingerprint density at radius 3 is 2.00 bits per heavy atom. The van der Waals surface area contributed by atoms with Crippen molar-refractivity contribution in [2.24, 2.45) is 9.98 Å². The molecule has 0 spiro atoms. The molecule has 0 amide bonds. The SMILES string of the molecule is CCC=Nc1cccc(N=CCC)n1. The van der Waals surface area contributed by atoms with E-state index in [0.717, 1.165) is 24.5 Å².